The predicted molar refractivity (Wildman–Crippen MR) is 70.7 cm³/mol. The van der Waals surface area contributed by atoms with Crippen LogP contribution in [0.4, 0.5) is 5.82 Å². The number of nitrogens with one attached hydrogen (secondary N) is 1. The van der Waals surface area contributed by atoms with Gasteiger partial charge < -0.3 is 10.1 Å². The highest BCUT2D eigenvalue weighted by Gasteiger charge is 2.22. The number of nitriles is 1. The van der Waals surface area contributed by atoms with E-state index in [1.54, 1.807) is 6.07 Å². The van der Waals surface area contributed by atoms with Crippen molar-refractivity contribution >= 4 is 11.7 Å². The van der Waals surface area contributed by atoms with Crippen LogP contribution in [0.5, 0.6) is 5.75 Å². The molecule has 0 radical (unpaired) electrons. The molecule has 0 saturated heterocycles. The average molecular weight is 259 g/mol. The maximum Gasteiger partial charge on any atom is 0.228 e. The molecule has 0 spiro atoms. The lowest BCUT2D eigenvalue weighted by molar-refractivity contribution is -0.120. The zero-order chi connectivity index (χ0) is 13.7. The third kappa shape index (κ3) is 3.02. The Kier molecular flexibility index (Phi) is 4.35. The zero-order valence-electron chi connectivity index (χ0n) is 11.0. The van der Waals surface area contributed by atoms with Gasteiger partial charge in [-0.3, -0.25) is 4.79 Å². The fraction of sp³-hybridized carbons (Fsp3) is 0.500. The van der Waals surface area contributed by atoms with Crippen LogP contribution in [0.2, 0.25) is 0 Å². The summed E-state index contributed by atoms with van der Waals surface area (Å²) >= 11 is 0. The minimum atomic E-state index is -0.0445. The lowest BCUT2D eigenvalue weighted by Gasteiger charge is -2.20. The molecule has 1 heterocycles. The van der Waals surface area contributed by atoms with Crippen molar-refractivity contribution in [3.63, 3.8) is 0 Å². The molecule has 1 N–H and O–H groups in total. The fourth-order valence-electron chi connectivity index (χ4n) is 2.40. The van der Waals surface area contributed by atoms with E-state index < -0.39 is 0 Å². The topological polar surface area (TPSA) is 75.0 Å². The van der Waals surface area contributed by atoms with Gasteiger partial charge in [0, 0.05) is 12.1 Å². The minimum Gasteiger partial charge on any atom is -0.495 e. The molecule has 19 heavy (non-hydrogen) atoms. The number of pyridine rings is 1. The Labute approximate surface area is 112 Å². The molecule has 0 aromatic carbocycles. The molecule has 0 bridgehead atoms. The van der Waals surface area contributed by atoms with E-state index in [-0.39, 0.29) is 23.2 Å². The van der Waals surface area contributed by atoms with Crippen molar-refractivity contribution in [3.05, 3.63) is 17.8 Å². The Morgan fingerprint density at radius 1 is 1.47 bits per heavy atom. The summed E-state index contributed by atoms with van der Waals surface area (Å²) in [5, 5.41) is 11.9. The smallest absolute Gasteiger partial charge is 0.228 e. The lowest BCUT2D eigenvalue weighted by atomic mass is 9.88. The number of rotatable bonds is 3. The first kappa shape index (κ1) is 13.3. The Balaban J connectivity index is 2.14. The van der Waals surface area contributed by atoms with Crippen LogP contribution in [0, 0.1) is 17.2 Å². The van der Waals surface area contributed by atoms with Crippen LogP contribution in [0.15, 0.2) is 12.3 Å². The van der Waals surface area contributed by atoms with Gasteiger partial charge in [-0.05, 0) is 18.9 Å². The first-order valence-corrected chi connectivity index (χ1v) is 6.50. The molecule has 1 aromatic heterocycles. The Hall–Kier alpha value is -2.09. The number of carbonyl (C=O) groups excluding carboxylic acids is 1. The monoisotopic (exact) mass is 259 g/mol. The van der Waals surface area contributed by atoms with E-state index in [0.717, 1.165) is 25.7 Å². The van der Waals surface area contributed by atoms with Gasteiger partial charge in [-0.25, -0.2) is 4.98 Å². The van der Waals surface area contributed by atoms with E-state index in [1.165, 1.54) is 19.7 Å². The molecular formula is C14H17N3O2. The summed E-state index contributed by atoms with van der Waals surface area (Å²) < 4.78 is 5.09. The summed E-state index contributed by atoms with van der Waals surface area (Å²) in [5.41, 5.74) is 0.272. The van der Waals surface area contributed by atoms with Crippen molar-refractivity contribution in [3.8, 4) is 11.8 Å². The highest BCUT2D eigenvalue weighted by atomic mass is 16.5. The van der Waals surface area contributed by atoms with Gasteiger partial charge in [0.05, 0.1) is 7.11 Å². The second kappa shape index (κ2) is 6.19. The van der Waals surface area contributed by atoms with Crippen molar-refractivity contribution in [1.29, 1.82) is 5.26 Å². The van der Waals surface area contributed by atoms with E-state index >= 15 is 0 Å². The van der Waals surface area contributed by atoms with Crippen molar-refractivity contribution < 1.29 is 9.53 Å². The normalized spacial score (nSPS) is 15.6. The average Bonchev–Trinajstić information content (AvgIpc) is 2.47. The molecule has 1 aromatic rings. The predicted octanol–water partition coefficient (Wildman–Crippen LogP) is 2.48. The van der Waals surface area contributed by atoms with Crippen LogP contribution < -0.4 is 10.1 Å². The molecule has 0 aliphatic heterocycles. The summed E-state index contributed by atoms with van der Waals surface area (Å²) in [5.74, 6) is 0.708. The van der Waals surface area contributed by atoms with Crippen LogP contribution in [-0.2, 0) is 4.79 Å². The largest absolute Gasteiger partial charge is 0.495 e. The summed E-state index contributed by atoms with van der Waals surface area (Å²) in [6.07, 6.45) is 6.74. The molecule has 1 saturated carbocycles. The molecule has 100 valence electrons. The summed E-state index contributed by atoms with van der Waals surface area (Å²) in [6, 6.07) is 3.63. The Bertz CT molecular complexity index is 502. The van der Waals surface area contributed by atoms with Crippen LogP contribution in [0.1, 0.15) is 37.7 Å². The Morgan fingerprint density at radius 2 is 2.21 bits per heavy atom. The molecule has 1 fully saturated rings. The standard InChI is InChI=1S/C14H17N3O2/c1-19-12-7-8-16-13(11(12)9-15)17-14(18)10-5-3-2-4-6-10/h7-8,10H,2-6H2,1H3,(H,16,17,18). The maximum atomic E-state index is 12.1. The van der Waals surface area contributed by atoms with E-state index in [9.17, 15) is 4.79 Å². The SMILES string of the molecule is COc1ccnc(NC(=O)C2CCCCC2)c1C#N. The number of carbonyl (C=O) groups is 1. The van der Waals surface area contributed by atoms with Gasteiger partial charge in [-0.15, -0.1) is 0 Å². The van der Waals surface area contributed by atoms with Gasteiger partial charge in [0.15, 0.2) is 5.82 Å². The van der Waals surface area contributed by atoms with E-state index in [4.69, 9.17) is 10.00 Å². The molecule has 1 aliphatic rings. The summed E-state index contributed by atoms with van der Waals surface area (Å²) in [7, 11) is 1.49. The van der Waals surface area contributed by atoms with Crippen LogP contribution in [-0.4, -0.2) is 18.0 Å². The van der Waals surface area contributed by atoms with Crippen LogP contribution >= 0.6 is 0 Å². The van der Waals surface area contributed by atoms with E-state index in [1.807, 2.05) is 6.07 Å². The van der Waals surface area contributed by atoms with Crippen molar-refractivity contribution in [1.82, 2.24) is 4.98 Å². The molecule has 2 rings (SSSR count). The highest BCUT2D eigenvalue weighted by molar-refractivity contribution is 5.93. The first-order valence-electron chi connectivity index (χ1n) is 6.50. The van der Waals surface area contributed by atoms with Crippen molar-refractivity contribution in [2.24, 2.45) is 5.92 Å². The summed E-state index contributed by atoms with van der Waals surface area (Å²) in [6.45, 7) is 0. The van der Waals surface area contributed by atoms with Crippen molar-refractivity contribution in [2.75, 3.05) is 12.4 Å². The molecule has 0 unspecified atom stereocenters. The molecule has 5 nitrogen and oxygen atoms in total. The molecular weight excluding hydrogens is 242 g/mol. The number of methoxy groups -OCH3 is 1. The highest BCUT2D eigenvalue weighted by Crippen LogP contribution is 2.27. The maximum absolute atomic E-state index is 12.1. The van der Waals surface area contributed by atoms with Gasteiger partial charge in [0.25, 0.3) is 0 Å². The molecule has 0 atom stereocenters. The van der Waals surface area contributed by atoms with E-state index in [0.29, 0.717) is 5.75 Å². The molecule has 5 heteroatoms. The fourth-order valence-corrected chi connectivity index (χ4v) is 2.40. The third-order valence-electron chi connectivity index (χ3n) is 3.46. The number of amides is 1. The van der Waals surface area contributed by atoms with Gasteiger partial charge >= 0.3 is 0 Å². The van der Waals surface area contributed by atoms with Gasteiger partial charge in [0.1, 0.15) is 17.4 Å². The first-order chi connectivity index (χ1) is 9.26. The lowest BCUT2D eigenvalue weighted by Crippen LogP contribution is -2.25. The van der Waals surface area contributed by atoms with Crippen molar-refractivity contribution in [2.45, 2.75) is 32.1 Å². The number of anilines is 1. The minimum absolute atomic E-state index is 0.0355. The van der Waals surface area contributed by atoms with Crippen LogP contribution in [0.3, 0.4) is 0 Å². The second-order valence-corrected chi connectivity index (χ2v) is 4.67. The second-order valence-electron chi connectivity index (χ2n) is 4.67. The number of nitrogens with zero attached hydrogens (tertiary/aromatic N) is 2. The number of aromatic nitrogens is 1. The molecule has 1 aliphatic carbocycles. The Morgan fingerprint density at radius 3 is 2.84 bits per heavy atom. The molecule has 1 amide bonds. The quantitative estimate of drug-likeness (QED) is 0.904. The van der Waals surface area contributed by atoms with E-state index in [2.05, 4.69) is 10.3 Å². The van der Waals surface area contributed by atoms with Gasteiger partial charge in [-0.1, -0.05) is 19.3 Å². The zero-order valence-corrected chi connectivity index (χ0v) is 11.0. The number of hydrogen-bond acceptors (Lipinski definition) is 4. The van der Waals surface area contributed by atoms with Gasteiger partial charge in [-0.2, -0.15) is 5.26 Å². The van der Waals surface area contributed by atoms with Gasteiger partial charge in [0.2, 0.25) is 5.91 Å². The summed E-state index contributed by atoms with van der Waals surface area (Å²) in [4.78, 5) is 16.2. The number of hydrogen-bond donors (Lipinski definition) is 1. The van der Waals surface area contributed by atoms with Crippen LogP contribution in [0.25, 0.3) is 0 Å². The number of ether oxygens (including phenoxy) is 1. The third-order valence-corrected chi connectivity index (χ3v) is 3.46.